The van der Waals surface area contributed by atoms with Crippen LogP contribution in [-0.2, 0) is 0 Å². The van der Waals surface area contributed by atoms with Crippen molar-refractivity contribution in [1.29, 1.82) is 0 Å². The highest BCUT2D eigenvalue weighted by Crippen LogP contribution is 2.26. The zero-order valence-electron chi connectivity index (χ0n) is 12.2. The lowest BCUT2D eigenvalue weighted by Crippen LogP contribution is -2.25. The first-order chi connectivity index (χ1) is 11.1. The summed E-state index contributed by atoms with van der Waals surface area (Å²) in [6, 6.07) is 7.64. The largest absolute Gasteiger partial charge is 0.384 e. The second-order valence-electron chi connectivity index (χ2n) is 4.70. The maximum Gasteiger partial charge on any atom is 0.271 e. The van der Waals surface area contributed by atoms with Gasteiger partial charge in [-0.15, -0.1) is 0 Å². The van der Waals surface area contributed by atoms with Crippen LogP contribution in [0.25, 0.3) is 0 Å². The van der Waals surface area contributed by atoms with Crippen molar-refractivity contribution in [2.24, 2.45) is 0 Å². The number of anilines is 1. The Hall–Kier alpha value is -2.67. The third-order valence-electron chi connectivity index (χ3n) is 3.04. The zero-order chi connectivity index (χ0) is 16.7. The molecule has 0 saturated carbocycles. The number of hydrogen-bond acceptors (Lipinski definition) is 5. The second kappa shape index (κ2) is 8.09. The van der Waals surface area contributed by atoms with E-state index in [1.54, 1.807) is 24.4 Å². The van der Waals surface area contributed by atoms with Crippen LogP contribution in [0.4, 0.5) is 11.4 Å². The van der Waals surface area contributed by atoms with E-state index in [1.807, 2.05) is 0 Å². The minimum atomic E-state index is -0.496. The number of benzene rings is 1. The predicted octanol–water partition coefficient (Wildman–Crippen LogP) is 2.88. The number of nitro groups is 1. The van der Waals surface area contributed by atoms with Gasteiger partial charge in [0.25, 0.3) is 11.6 Å². The molecule has 0 aliphatic rings. The molecule has 0 aliphatic heterocycles. The van der Waals surface area contributed by atoms with E-state index < -0.39 is 4.92 Å². The molecular weight excluding hydrogens is 320 g/mol. The number of amides is 1. The molecule has 1 amide bonds. The van der Waals surface area contributed by atoms with Gasteiger partial charge in [-0.2, -0.15) is 0 Å². The van der Waals surface area contributed by atoms with Crippen LogP contribution in [0.15, 0.2) is 42.7 Å². The normalized spacial score (nSPS) is 10.1. The number of carbonyl (C=O) groups is 1. The number of carbonyl (C=O) groups excluding carboxylic acids is 1. The van der Waals surface area contributed by atoms with Gasteiger partial charge >= 0.3 is 0 Å². The molecule has 2 rings (SSSR count). The Morgan fingerprint density at radius 2 is 2.13 bits per heavy atom. The average molecular weight is 335 g/mol. The van der Waals surface area contributed by atoms with Crippen molar-refractivity contribution < 1.29 is 9.72 Å². The molecule has 23 heavy (non-hydrogen) atoms. The summed E-state index contributed by atoms with van der Waals surface area (Å²) >= 11 is 5.97. The van der Waals surface area contributed by atoms with Gasteiger partial charge in [0.2, 0.25) is 0 Å². The summed E-state index contributed by atoms with van der Waals surface area (Å²) in [5, 5.41) is 16.8. The summed E-state index contributed by atoms with van der Waals surface area (Å²) in [6.45, 7) is 1.07. The molecule has 120 valence electrons. The van der Waals surface area contributed by atoms with Gasteiger partial charge in [-0.05, 0) is 24.6 Å². The highest BCUT2D eigenvalue weighted by Gasteiger charge is 2.09. The summed E-state index contributed by atoms with van der Waals surface area (Å²) in [5.41, 5.74) is 1.08. The molecule has 1 aromatic carbocycles. The SMILES string of the molecule is O=C(NCCCNc1ccc([N+](=O)[O-])cc1Cl)c1cccnc1. The van der Waals surface area contributed by atoms with Gasteiger partial charge in [-0.25, -0.2) is 0 Å². The highest BCUT2D eigenvalue weighted by molar-refractivity contribution is 6.33. The Morgan fingerprint density at radius 3 is 2.78 bits per heavy atom. The molecule has 2 N–H and O–H groups in total. The molecule has 0 bridgehead atoms. The first kappa shape index (κ1) is 16.7. The van der Waals surface area contributed by atoms with Crippen molar-refractivity contribution in [2.45, 2.75) is 6.42 Å². The van der Waals surface area contributed by atoms with Crippen molar-refractivity contribution in [2.75, 3.05) is 18.4 Å². The second-order valence-corrected chi connectivity index (χ2v) is 5.11. The number of aromatic nitrogens is 1. The summed E-state index contributed by atoms with van der Waals surface area (Å²) in [6.07, 6.45) is 3.79. The van der Waals surface area contributed by atoms with Crippen molar-refractivity contribution in [3.63, 3.8) is 0 Å². The molecule has 7 nitrogen and oxygen atoms in total. The van der Waals surface area contributed by atoms with Crippen molar-refractivity contribution in [1.82, 2.24) is 10.3 Å². The summed E-state index contributed by atoms with van der Waals surface area (Å²) < 4.78 is 0. The average Bonchev–Trinajstić information content (AvgIpc) is 2.56. The molecule has 0 fully saturated rings. The summed E-state index contributed by atoms with van der Waals surface area (Å²) in [5.74, 6) is -0.175. The van der Waals surface area contributed by atoms with Crippen LogP contribution in [-0.4, -0.2) is 28.9 Å². The molecule has 1 aromatic heterocycles. The van der Waals surface area contributed by atoms with E-state index in [0.29, 0.717) is 35.8 Å². The molecule has 0 spiro atoms. The Kier molecular flexibility index (Phi) is 5.87. The van der Waals surface area contributed by atoms with E-state index >= 15 is 0 Å². The van der Waals surface area contributed by atoms with Gasteiger partial charge in [-0.1, -0.05) is 11.6 Å². The third-order valence-corrected chi connectivity index (χ3v) is 3.35. The minimum Gasteiger partial charge on any atom is -0.384 e. The molecule has 2 aromatic rings. The third kappa shape index (κ3) is 4.93. The number of halogens is 1. The fourth-order valence-electron chi connectivity index (χ4n) is 1.87. The van der Waals surface area contributed by atoms with Crippen LogP contribution in [0.1, 0.15) is 16.8 Å². The number of rotatable bonds is 7. The standard InChI is InChI=1S/C15H15ClN4O3/c16-13-9-12(20(22)23)4-5-14(13)18-7-2-8-19-15(21)11-3-1-6-17-10-11/h1,3-6,9-10,18H,2,7-8H2,(H,19,21). The highest BCUT2D eigenvalue weighted by atomic mass is 35.5. The molecule has 0 radical (unpaired) electrons. The quantitative estimate of drug-likeness (QED) is 0.461. The number of non-ortho nitro benzene ring substituents is 1. The van der Waals surface area contributed by atoms with Gasteiger partial charge in [-0.3, -0.25) is 19.9 Å². The topological polar surface area (TPSA) is 97.2 Å². The van der Waals surface area contributed by atoms with Crippen molar-refractivity contribution in [3.05, 3.63) is 63.4 Å². The van der Waals surface area contributed by atoms with Crippen LogP contribution in [0.2, 0.25) is 5.02 Å². The fourth-order valence-corrected chi connectivity index (χ4v) is 2.12. The van der Waals surface area contributed by atoms with Gasteiger partial charge in [0, 0.05) is 37.6 Å². The van der Waals surface area contributed by atoms with Crippen molar-refractivity contribution in [3.8, 4) is 0 Å². The molecular formula is C15H15ClN4O3. The maximum atomic E-state index is 11.8. The van der Waals surface area contributed by atoms with E-state index in [9.17, 15) is 14.9 Å². The van der Waals surface area contributed by atoms with E-state index in [-0.39, 0.29) is 11.6 Å². The first-order valence-electron chi connectivity index (χ1n) is 6.94. The van der Waals surface area contributed by atoms with Crippen molar-refractivity contribution >= 4 is 28.9 Å². The van der Waals surface area contributed by atoms with Crippen LogP contribution < -0.4 is 10.6 Å². The molecule has 0 atom stereocenters. The first-order valence-corrected chi connectivity index (χ1v) is 7.32. The number of hydrogen-bond donors (Lipinski definition) is 2. The summed E-state index contributed by atoms with van der Waals surface area (Å²) in [7, 11) is 0. The Labute approximate surface area is 137 Å². The number of nitro benzene ring substituents is 1. The maximum absolute atomic E-state index is 11.8. The van der Waals surface area contributed by atoms with Gasteiger partial charge in [0.05, 0.1) is 21.2 Å². The molecule has 1 heterocycles. The van der Waals surface area contributed by atoms with E-state index in [0.717, 1.165) is 0 Å². The smallest absolute Gasteiger partial charge is 0.271 e. The zero-order valence-corrected chi connectivity index (χ0v) is 12.9. The van der Waals surface area contributed by atoms with Crippen LogP contribution in [0.3, 0.4) is 0 Å². The monoisotopic (exact) mass is 334 g/mol. The minimum absolute atomic E-state index is 0.0516. The molecule has 8 heteroatoms. The van der Waals surface area contributed by atoms with Crippen LogP contribution in [0.5, 0.6) is 0 Å². The predicted molar refractivity (Wildman–Crippen MR) is 87.8 cm³/mol. The van der Waals surface area contributed by atoms with E-state index in [2.05, 4.69) is 15.6 Å². The molecule has 0 aliphatic carbocycles. The Morgan fingerprint density at radius 1 is 1.30 bits per heavy atom. The Balaban J connectivity index is 1.73. The molecule has 0 unspecified atom stereocenters. The van der Waals surface area contributed by atoms with Crippen LogP contribution >= 0.6 is 11.6 Å². The Bertz CT molecular complexity index is 694. The number of nitrogens with zero attached hydrogens (tertiary/aromatic N) is 2. The lowest BCUT2D eigenvalue weighted by Gasteiger charge is -2.09. The fraction of sp³-hybridized carbons (Fsp3) is 0.200. The van der Waals surface area contributed by atoms with Gasteiger partial charge < -0.3 is 10.6 Å². The number of nitrogens with one attached hydrogen (secondary N) is 2. The number of pyridine rings is 1. The van der Waals surface area contributed by atoms with Gasteiger partial charge in [0.15, 0.2) is 0 Å². The van der Waals surface area contributed by atoms with Gasteiger partial charge in [0.1, 0.15) is 0 Å². The van der Waals surface area contributed by atoms with Crippen LogP contribution in [0, 0.1) is 10.1 Å². The lowest BCUT2D eigenvalue weighted by molar-refractivity contribution is -0.384. The molecule has 0 saturated heterocycles. The summed E-state index contributed by atoms with van der Waals surface area (Å²) in [4.78, 5) is 25.8. The van der Waals surface area contributed by atoms with E-state index in [1.165, 1.54) is 18.3 Å². The van der Waals surface area contributed by atoms with E-state index in [4.69, 9.17) is 11.6 Å². The lowest BCUT2D eigenvalue weighted by atomic mass is 10.2.